The molecule has 1 aromatic rings. The molecule has 54 valence electrons. The summed E-state index contributed by atoms with van der Waals surface area (Å²) in [7, 11) is 0. The van der Waals surface area contributed by atoms with Gasteiger partial charge in [0.15, 0.2) is 5.16 Å². The monoisotopic (exact) mass is 156 g/mol. The Morgan fingerprint density at radius 3 is 3.20 bits per heavy atom. The average molecular weight is 156 g/mol. The summed E-state index contributed by atoms with van der Waals surface area (Å²) in [6.45, 7) is 0. The second-order valence-electron chi connectivity index (χ2n) is 1.71. The third-order valence-corrected chi connectivity index (χ3v) is 1.79. The first kappa shape index (κ1) is 7.14. The van der Waals surface area contributed by atoms with Crippen LogP contribution in [-0.2, 0) is 0 Å². The van der Waals surface area contributed by atoms with Crippen molar-refractivity contribution in [2.24, 2.45) is 5.73 Å². The van der Waals surface area contributed by atoms with Crippen molar-refractivity contribution in [3.8, 4) is 0 Å². The van der Waals surface area contributed by atoms with E-state index in [2.05, 4.69) is 9.97 Å². The Labute approximate surface area is 62.7 Å². The maximum absolute atomic E-state index is 6.91. The number of hydrogen-bond donors (Lipinski definition) is 3. The van der Waals surface area contributed by atoms with Crippen LogP contribution in [0.3, 0.4) is 0 Å². The van der Waals surface area contributed by atoms with E-state index >= 15 is 0 Å². The zero-order valence-electron chi connectivity index (χ0n) is 5.29. The van der Waals surface area contributed by atoms with Crippen LogP contribution in [0.5, 0.6) is 0 Å². The Morgan fingerprint density at radius 1 is 1.90 bits per heavy atom. The number of nitrogens with one attached hydrogen (secondary N) is 2. The molecule has 0 bridgehead atoms. The van der Waals surface area contributed by atoms with Crippen LogP contribution in [0.15, 0.2) is 17.6 Å². The van der Waals surface area contributed by atoms with Crippen molar-refractivity contribution < 1.29 is 0 Å². The summed E-state index contributed by atoms with van der Waals surface area (Å²) in [6, 6.07) is 0. The maximum atomic E-state index is 6.91. The molecule has 4 N–H and O–H groups in total. The van der Waals surface area contributed by atoms with E-state index in [1.54, 1.807) is 12.4 Å². The molecule has 0 aliphatic rings. The molecular weight excluding hydrogens is 148 g/mol. The molecule has 1 heterocycles. The lowest BCUT2D eigenvalue weighted by molar-refractivity contribution is 1.06. The largest absolute Gasteiger partial charge is 0.387 e. The first-order chi connectivity index (χ1) is 4.79. The Hall–Kier alpha value is -0.970. The zero-order valence-corrected chi connectivity index (χ0v) is 6.11. The molecule has 0 radical (unpaired) electrons. The van der Waals surface area contributed by atoms with Gasteiger partial charge in [-0.1, -0.05) is 11.8 Å². The number of nitrogens with zero attached hydrogens (tertiary/aromatic N) is 1. The van der Waals surface area contributed by atoms with Gasteiger partial charge in [-0.25, -0.2) is 4.98 Å². The van der Waals surface area contributed by atoms with Crippen molar-refractivity contribution in [2.75, 3.05) is 5.75 Å². The molecule has 0 atom stereocenters. The van der Waals surface area contributed by atoms with Crippen LogP contribution in [0.2, 0.25) is 0 Å². The number of H-pyrrole nitrogens is 1. The van der Waals surface area contributed by atoms with E-state index in [0.29, 0.717) is 5.75 Å². The van der Waals surface area contributed by atoms with Crippen molar-refractivity contribution in [1.82, 2.24) is 9.97 Å². The summed E-state index contributed by atoms with van der Waals surface area (Å²) in [5, 5.41) is 7.71. The minimum absolute atomic E-state index is 0.168. The van der Waals surface area contributed by atoms with Crippen LogP contribution in [0.4, 0.5) is 0 Å². The minimum atomic E-state index is 0.168. The van der Waals surface area contributed by atoms with Gasteiger partial charge in [-0.05, 0) is 0 Å². The number of aromatic nitrogens is 2. The normalized spacial score (nSPS) is 9.60. The standard InChI is InChI=1S/C5H8N4S/c6-4(7)3-10-5-8-1-2-9-5/h1-2H,3H2,(H3,6,7)(H,8,9). The van der Waals surface area contributed by atoms with Crippen LogP contribution in [0.1, 0.15) is 0 Å². The lowest BCUT2D eigenvalue weighted by Crippen LogP contribution is -2.11. The summed E-state index contributed by atoms with van der Waals surface area (Å²) in [5.74, 6) is 0.662. The van der Waals surface area contributed by atoms with Crippen molar-refractivity contribution in [3.63, 3.8) is 0 Å². The highest BCUT2D eigenvalue weighted by atomic mass is 32.2. The van der Waals surface area contributed by atoms with Gasteiger partial charge in [0.05, 0.1) is 5.75 Å². The smallest absolute Gasteiger partial charge is 0.165 e. The fourth-order valence-electron chi connectivity index (χ4n) is 0.476. The van der Waals surface area contributed by atoms with Gasteiger partial charge in [0, 0.05) is 12.4 Å². The van der Waals surface area contributed by atoms with Crippen molar-refractivity contribution >= 4 is 17.6 Å². The molecule has 0 aliphatic carbocycles. The summed E-state index contributed by atoms with van der Waals surface area (Å²) >= 11 is 1.42. The Morgan fingerprint density at radius 2 is 2.70 bits per heavy atom. The van der Waals surface area contributed by atoms with Gasteiger partial charge in [-0.15, -0.1) is 0 Å². The van der Waals surface area contributed by atoms with Crippen LogP contribution >= 0.6 is 11.8 Å². The first-order valence-corrected chi connectivity index (χ1v) is 3.72. The second-order valence-corrected chi connectivity index (χ2v) is 2.67. The minimum Gasteiger partial charge on any atom is -0.387 e. The van der Waals surface area contributed by atoms with E-state index in [1.807, 2.05) is 0 Å². The molecule has 0 aromatic carbocycles. The van der Waals surface area contributed by atoms with E-state index in [-0.39, 0.29) is 5.84 Å². The average Bonchev–Trinajstić information content (AvgIpc) is 2.34. The Kier molecular flexibility index (Phi) is 2.33. The summed E-state index contributed by atoms with van der Waals surface area (Å²) in [4.78, 5) is 6.84. The van der Waals surface area contributed by atoms with Gasteiger partial charge in [-0.3, -0.25) is 5.41 Å². The summed E-state index contributed by atoms with van der Waals surface area (Å²) < 4.78 is 0. The van der Waals surface area contributed by atoms with Gasteiger partial charge in [0.25, 0.3) is 0 Å². The molecule has 10 heavy (non-hydrogen) atoms. The van der Waals surface area contributed by atoms with E-state index in [9.17, 15) is 0 Å². The predicted molar refractivity (Wildman–Crippen MR) is 41.2 cm³/mol. The highest BCUT2D eigenvalue weighted by Gasteiger charge is 1.94. The fourth-order valence-corrected chi connectivity index (χ4v) is 1.05. The summed E-state index contributed by atoms with van der Waals surface area (Å²) in [5.41, 5.74) is 5.13. The fraction of sp³-hybridized carbons (Fsp3) is 0.200. The zero-order chi connectivity index (χ0) is 7.40. The van der Waals surface area contributed by atoms with Crippen molar-refractivity contribution in [3.05, 3.63) is 12.4 Å². The molecule has 0 spiro atoms. The molecule has 0 saturated carbocycles. The highest BCUT2D eigenvalue weighted by Crippen LogP contribution is 2.09. The molecule has 0 aliphatic heterocycles. The van der Waals surface area contributed by atoms with E-state index < -0.39 is 0 Å². The summed E-state index contributed by atoms with van der Waals surface area (Å²) in [6.07, 6.45) is 3.41. The van der Waals surface area contributed by atoms with Gasteiger partial charge in [-0.2, -0.15) is 0 Å². The number of nitrogens with two attached hydrogens (primary N) is 1. The third kappa shape index (κ3) is 2.10. The molecule has 1 aromatic heterocycles. The van der Waals surface area contributed by atoms with Crippen molar-refractivity contribution in [2.45, 2.75) is 5.16 Å². The molecule has 0 fully saturated rings. The quantitative estimate of drug-likeness (QED) is 0.337. The number of imidazole rings is 1. The molecular formula is C5H8N4S. The van der Waals surface area contributed by atoms with Gasteiger partial charge in [0.2, 0.25) is 0 Å². The Balaban J connectivity index is 2.35. The van der Waals surface area contributed by atoms with Crippen molar-refractivity contribution in [1.29, 1.82) is 5.41 Å². The van der Waals surface area contributed by atoms with Crippen LogP contribution in [-0.4, -0.2) is 21.6 Å². The second kappa shape index (κ2) is 3.26. The maximum Gasteiger partial charge on any atom is 0.165 e. The Bertz CT molecular complexity index is 205. The third-order valence-electron chi connectivity index (χ3n) is 0.838. The number of amidine groups is 1. The van der Waals surface area contributed by atoms with E-state index in [1.165, 1.54) is 11.8 Å². The molecule has 0 unspecified atom stereocenters. The first-order valence-electron chi connectivity index (χ1n) is 2.74. The van der Waals surface area contributed by atoms with Gasteiger partial charge in [0.1, 0.15) is 5.84 Å². The number of hydrogen-bond acceptors (Lipinski definition) is 3. The lowest BCUT2D eigenvalue weighted by Gasteiger charge is -1.92. The van der Waals surface area contributed by atoms with Crippen LogP contribution in [0, 0.1) is 5.41 Å². The highest BCUT2D eigenvalue weighted by molar-refractivity contribution is 7.99. The molecule has 0 saturated heterocycles. The SMILES string of the molecule is N=C(N)CSc1ncc[nH]1. The number of thioether (sulfide) groups is 1. The van der Waals surface area contributed by atoms with Crippen LogP contribution in [0.25, 0.3) is 0 Å². The van der Waals surface area contributed by atoms with Crippen LogP contribution < -0.4 is 5.73 Å². The lowest BCUT2D eigenvalue weighted by atomic mass is 10.7. The predicted octanol–water partition coefficient (Wildman–Crippen LogP) is 0.438. The van der Waals surface area contributed by atoms with Gasteiger partial charge < -0.3 is 10.7 Å². The molecule has 4 nitrogen and oxygen atoms in total. The number of rotatable bonds is 3. The number of aromatic amines is 1. The molecule has 1 rings (SSSR count). The van der Waals surface area contributed by atoms with E-state index in [0.717, 1.165) is 5.16 Å². The van der Waals surface area contributed by atoms with Gasteiger partial charge >= 0.3 is 0 Å². The molecule has 0 amide bonds. The molecule has 5 heteroatoms. The topological polar surface area (TPSA) is 78.6 Å². The van der Waals surface area contributed by atoms with E-state index in [4.69, 9.17) is 11.1 Å².